The molecule has 18 heavy (non-hydrogen) atoms. The average Bonchev–Trinajstić information content (AvgIpc) is 2.41. The van der Waals surface area contributed by atoms with E-state index >= 15 is 0 Å². The molecule has 0 radical (unpaired) electrons. The molecule has 2 rings (SSSR count). The molecular weight excluding hydrogens is 220 g/mol. The molecule has 1 nitrogen and oxygen atoms in total. The second-order valence-corrected chi connectivity index (χ2v) is 5.16. The second-order valence-electron chi connectivity index (χ2n) is 5.16. The zero-order chi connectivity index (χ0) is 12.8. The molecule has 0 aromatic heterocycles. The summed E-state index contributed by atoms with van der Waals surface area (Å²) in [5.74, 6) is 0.270. The van der Waals surface area contributed by atoms with Gasteiger partial charge in [0, 0.05) is 12.0 Å². The van der Waals surface area contributed by atoms with Gasteiger partial charge >= 0.3 is 0 Å². The van der Waals surface area contributed by atoms with Gasteiger partial charge in [-0.05, 0) is 37.7 Å². The van der Waals surface area contributed by atoms with Crippen molar-refractivity contribution in [2.45, 2.75) is 51.9 Å². The highest BCUT2D eigenvalue weighted by Gasteiger charge is 2.10. The zero-order valence-electron chi connectivity index (χ0n) is 11.2. The summed E-state index contributed by atoms with van der Waals surface area (Å²) in [6, 6.07) is 8.14. The van der Waals surface area contributed by atoms with Gasteiger partial charge in [-0.15, -0.1) is 0 Å². The number of hydrogen-bond acceptors (Lipinski definition) is 1. The summed E-state index contributed by atoms with van der Waals surface area (Å²) in [4.78, 5) is 12.1. The molecule has 0 atom stereocenters. The Morgan fingerprint density at radius 1 is 1.17 bits per heavy atom. The van der Waals surface area contributed by atoms with Crippen LogP contribution < -0.4 is 0 Å². The van der Waals surface area contributed by atoms with Gasteiger partial charge in [-0.25, -0.2) is 0 Å². The van der Waals surface area contributed by atoms with E-state index in [1.807, 2.05) is 12.1 Å². The smallest absolute Gasteiger partial charge is 0.166 e. The van der Waals surface area contributed by atoms with E-state index in [1.54, 1.807) is 0 Å². The van der Waals surface area contributed by atoms with E-state index in [1.165, 1.54) is 24.0 Å². The fourth-order valence-electron chi connectivity index (χ4n) is 2.52. The van der Waals surface area contributed by atoms with Crippen LogP contribution in [-0.4, -0.2) is 5.78 Å². The molecule has 0 bridgehead atoms. The summed E-state index contributed by atoms with van der Waals surface area (Å²) in [6.07, 6.45) is 9.91. The molecule has 0 fully saturated rings. The Kier molecular flexibility index (Phi) is 4.74. The third-order valence-corrected chi connectivity index (χ3v) is 3.59. The van der Waals surface area contributed by atoms with E-state index in [0.29, 0.717) is 6.42 Å². The highest BCUT2D eigenvalue weighted by molar-refractivity contribution is 5.97. The Morgan fingerprint density at radius 2 is 1.94 bits per heavy atom. The van der Waals surface area contributed by atoms with Gasteiger partial charge in [-0.1, -0.05) is 49.3 Å². The highest BCUT2D eigenvalue weighted by atomic mass is 16.1. The van der Waals surface area contributed by atoms with Crippen LogP contribution in [0.25, 0.3) is 0 Å². The van der Waals surface area contributed by atoms with Gasteiger partial charge in [-0.3, -0.25) is 4.79 Å². The zero-order valence-corrected chi connectivity index (χ0v) is 11.2. The minimum Gasteiger partial charge on any atom is -0.294 e. The quantitative estimate of drug-likeness (QED) is 0.539. The van der Waals surface area contributed by atoms with E-state index in [9.17, 15) is 4.79 Å². The molecule has 96 valence electrons. The van der Waals surface area contributed by atoms with Crippen molar-refractivity contribution in [3.63, 3.8) is 0 Å². The molecule has 1 heteroatoms. The second kappa shape index (κ2) is 6.53. The van der Waals surface area contributed by atoms with Crippen molar-refractivity contribution in [3.8, 4) is 0 Å². The van der Waals surface area contributed by atoms with Crippen molar-refractivity contribution >= 4 is 5.78 Å². The summed E-state index contributed by atoms with van der Waals surface area (Å²) in [7, 11) is 0. The number of Topliss-reactive ketones (excluding diaryl/α,β-unsaturated/α-hetero) is 1. The third-order valence-electron chi connectivity index (χ3n) is 3.59. The van der Waals surface area contributed by atoms with E-state index in [-0.39, 0.29) is 5.78 Å². The van der Waals surface area contributed by atoms with Crippen molar-refractivity contribution < 1.29 is 4.79 Å². The van der Waals surface area contributed by atoms with Crippen molar-refractivity contribution in [1.82, 2.24) is 0 Å². The fourth-order valence-corrected chi connectivity index (χ4v) is 2.52. The molecule has 0 saturated carbocycles. The summed E-state index contributed by atoms with van der Waals surface area (Å²) in [5, 5.41) is 0. The predicted octanol–water partition coefficient (Wildman–Crippen LogP) is 4.71. The topological polar surface area (TPSA) is 17.1 Å². The summed E-state index contributed by atoms with van der Waals surface area (Å²) in [5.41, 5.74) is 3.52. The monoisotopic (exact) mass is 242 g/mol. The first kappa shape index (κ1) is 13.1. The van der Waals surface area contributed by atoms with Crippen LogP contribution in [0, 0.1) is 0 Å². The Balaban J connectivity index is 1.97. The Morgan fingerprint density at radius 3 is 2.56 bits per heavy atom. The molecule has 0 aliphatic heterocycles. The van der Waals surface area contributed by atoms with Gasteiger partial charge in [0.2, 0.25) is 0 Å². The van der Waals surface area contributed by atoms with Gasteiger partial charge in [0.25, 0.3) is 0 Å². The largest absolute Gasteiger partial charge is 0.294 e. The number of ketones is 1. The molecule has 1 aromatic carbocycles. The molecule has 0 saturated heterocycles. The summed E-state index contributed by atoms with van der Waals surface area (Å²) >= 11 is 0. The molecular formula is C17H22O. The molecule has 0 amide bonds. The van der Waals surface area contributed by atoms with Crippen LogP contribution in [0.1, 0.15) is 61.4 Å². The molecule has 0 unspecified atom stereocenters. The minimum atomic E-state index is 0.270. The van der Waals surface area contributed by atoms with E-state index < -0.39 is 0 Å². The van der Waals surface area contributed by atoms with E-state index in [2.05, 4.69) is 25.1 Å². The van der Waals surface area contributed by atoms with Crippen molar-refractivity contribution in [2.75, 3.05) is 0 Å². The number of hydrogen-bond donors (Lipinski definition) is 0. The van der Waals surface area contributed by atoms with Crippen LogP contribution in [0.15, 0.2) is 35.9 Å². The van der Waals surface area contributed by atoms with Gasteiger partial charge in [0.05, 0.1) is 0 Å². The van der Waals surface area contributed by atoms with Crippen LogP contribution in [0.5, 0.6) is 0 Å². The predicted molar refractivity (Wildman–Crippen MR) is 75.9 cm³/mol. The van der Waals surface area contributed by atoms with Gasteiger partial charge in [0.1, 0.15) is 0 Å². The van der Waals surface area contributed by atoms with Gasteiger partial charge < -0.3 is 0 Å². The lowest BCUT2D eigenvalue weighted by molar-refractivity contribution is 0.0991. The van der Waals surface area contributed by atoms with E-state index in [4.69, 9.17) is 0 Å². The maximum absolute atomic E-state index is 12.1. The molecule has 1 aliphatic carbocycles. The van der Waals surface area contributed by atoms with Crippen LogP contribution in [-0.2, 0) is 6.42 Å². The maximum Gasteiger partial charge on any atom is 0.166 e. The summed E-state index contributed by atoms with van der Waals surface area (Å²) < 4.78 is 0. The lowest BCUT2D eigenvalue weighted by Gasteiger charge is -2.11. The molecule has 1 aliphatic rings. The highest BCUT2D eigenvalue weighted by Crippen LogP contribution is 2.22. The first-order valence-electron chi connectivity index (χ1n) is 7.09. The molecule has 1 aromatic rings. The normalized spacial score (nSPS) is 15.3. The van der Waals surface area contributed by atoms with Crippen LogP contribution in [0.4, 0.5) is 0 Å². The van der Waals surface area contributed by atoms with Gasteiger partial charge in [-0.2, -0.15) is 0 Å². The third kappa shape index (κ3) is 3.56. The average molecular weight is 242 g/mol. The Bertz CT molecular complexity index is 425. The number of benzene rings is 1. The Hall–Kier alpha value is -1.37. The van der Waals surface area contributed by atoms with Crippen molar-refractivity contribution in [2.24, 2.45) is 0 Å². The molecule has 0 spiro atoms. The SMILES string of the molecule is CCCc1ccc(C(=O)CC2=CCCCC2)cc1. The molecule has 0 heterocycles. The number of allylic oxidation sites excluding steroid dienone is 2. The number of rotatable bonds is 5. The Labute approximate surface area is 110 Å². The lowest BCUT2D eigenvalue weighted by atomic mass is 9.93. The number of carbonyl (C=O) groups excluding carboxylic acids is 1. The van der Waals surface area contributed by atoms with E-state index in [0.717, 1.165) is 31.2 Å². The summed E-state index contributed by atoms with van der Waals surface area (Å²) in [6.45, 7) is 2.18. The van der Waals surface area contributed by atoms with Crippen LogP contribution >= 0.6 is 0 Å². The minimum absolute atomic E-state index is 0.270. The molecule has 0 N–H and O–H groups in total. The number of aryl methyl sites for hydroxylation is 1. The fraction of sp³-hybridized carbons (Fsp3) is 0.471. The van der Waals surface area contributed by atoms with Crippen molar-refractivity contribution in [3.05, 3.63) is 47.0 Å². The van der Waals surface area contributed by atoms with Crippen molar-refractivity contribution in [1.29, 1.82) is 0 Å². The lowest BCUT2D eigenvalue weighted by Crippen LogP contribution is -2.03. The first-order chi connectivity index (χ1) is 8.79. The van der Waals surface area contributed by atoms with Crippen LogP contribution in [0.2, 0.25) is 0 Å². The standard InChI is InChI=1S/C17H22O/c1-2-6-14-9-11-16(12-10-14)17(18)13-15-7-4-3-5-8-15/h7,9-12H,2-6,8,13H2,1H3. The maximum atomic E-state index is 12.1. The van der Waals surface area contributed by atoms with Gasteiger partial charge in [0.15, 0.2) is 5.78 Å². The number of carbonyl (C=O) groups is 1. The van der Waals surface area contributed by atoms with Crippen LogP contribution in [0.3, 0.4) is 0 Å². The first-order valence-corrected chi connectivity index (χ1v) is 7.09.